The van der Waals surface area contributed by atoms with E-state index in [9.17, 15) is 9.50 Å². The molecule has 0 saturated heterocycles. The van der Waals surface area contributed by atoms with Crippen LogP contribution in [0.1, 0.15) is 24.0 Å². The number of hydrogen-bond donors (Lipinski definition) is 2. The number of benzene rings is 1. The highest BCUT2D eigenvalue weighted by molar-refractivity contribution is 5.31. The van der Waals surface area contributed by atoms with Crippen molar-refractivity contribution < 1.29 is 13.9 Å². The normalized spacial score (nSPS) is 13.8. The molecule has 0 aliphatic carbocycles. The highest BCUT2D eigenvalue weighted by Crippen LogP contribution is 2.22. The van der Waals surface area contributed by atoms with E-state index < -0.39 is 5.60 Å². The van der Waals surface area contributed by atoms with Gasteiger partial charge in [-0.05, 0) is 50.2 Å². The molecule has 2 N–H and O–H groups in total. The second-order valence-electron chi connectivity index (χ2n) is 6.06. The van der Waals surface area contributed by atoms with Gasteiger partial charge in [-0.25, -0.2) is 9.07 Å². The highest BCUT2D eigenvalue weighted by Gasteiger charge is 2.26. The Morgan fingerprint density at radius 1 is 1.25 bits per heavy atom. The van der Waals surface area contributed by atoms with E-state index in [0.29, 0.717) is 18.8 Å². The molecule has 0 amide bonds. The zero-order valence-electron chi connectivity index (χ0n) is 13.7. The van der Waals surface area contributed by atoms with Gasteiger partial charge in [0.25, 0.3) is 0 Å². The number of hydrogen-bond acceptors (Lipinski definition) is 4. The van der Waals surface area contributed by atoms with Crippen LogP contribution < -0.4 is 5.32 Å². The van der Waals surface area contributed by atoms with Crippen molar-refractivity contribution in [2.45, 2.75) is 26.0 Å². The molecule has 0 bridgehead atoms. The Bertz CT molecular complexity index is 806. The fourth-order valence-electron chi connectivity index (χ4n) is 2.45. The smallest absolute Gasteiger partial charge is 0.136 e. The molecule has 6 heteroatoms. The van der Waals surface area contributed by atoms with Gasteiger partial charge in [0.05, 0.1) is 11.9 Å². The number of aryl methyl sites for hydroxylation is 1. The Morgan fingerprint density at radius 3 is 2.67 bits per heavy atom. The maximum atomic E-state index is 13.0. The first-order valence-electron chi connectivity index (χ1n) is 7.73. The van der Waals surface area contributed by atoms with Crippen molar-refractivity contribution in [1.82, 2.24) is 15.1 Å². The maximum absolute atomic E-state index is 13.0. The third kappa shape index (κ3) is 3.72. The van der Waals surface area contributed by atoms with Crippen LogP contribution in [-0.2, 0) is 12.1 Å². The predicted molar refractivity (Wildman–Crippen MR) is 88.2 cm³/mol. The molecule has 0 aliphatic rings. The molecule has 1 unspecified atom stereocenters. The van der Waals surface area contributed by atoms with Crippen molar-refractivity contribution in [3.05, 3.63) is 71.7 Å². The summed E-state index contributed by atoms with van der Waals surface area (Å²) in [5.74, 6) is 1.03. The molecular weight excluding hydrogens is 309 g/mol. The lowest BCUT2D eigenvalue weighted by Crippen LogP contribution is -2.34. The highest BCUT2D eigenvalue weighted by atomic mass is 19.1. The number of nitrogens with one attached hydrogen (secondary N) is 1. The topological polar surface area (TPSA) is 63.2 Å². The SMILES string of the molecule is Cc1ccc(C(C)(O)CNCc2cnn(-c3ccc(F)cc3)c2)o1. The van der Waals surface area contributed by atoms with Gasteiger partial charge in [-0.1, -0.05) is 0 Å². The van der Waals surface area contributed by atoms with Crippen molar-refractivity contribution in [3.63, 3.8) is 0 Å². The van der Waals surface area contributed by atoms with Crippen molar-refractivity contribution >= 4 is 0 Å². The first kappa shape index (κ1) is 16.4. The summed E-state index contributed by atoms with van der Waals surface area (Å²) in [4.78, 5) is 0. The summed E-state index contributed by atoms with van der Waals surface area (Å²) in [6.45, 7) is 4.45. The first-order valence-corrected chi connectivity index (χ1v) is 7.73. The molecule has 3 rings (SSSR count). The average molecular weight is 329 g/mol. The van der Waals surface area contributed by atoms with Crippen LogP contribution in [0.25, 0.3) is 5.69 Å². The number of rotatable bonds is 6. The standard InChI is InChI=1S/C18H20FN3O2/c1-13-3-8-17(24-13)18(2,23)12-20-9-14-10-21-22(11-14)16-6-4-15(19)5-7-16/h3-8,10-11,20,23H,9,12H2,1-2H3. The zero-order valence-corrected chi connectivity index (χ0v) is 13.7. The second kappa shape index (κ2) is 6.59. The molecule has 1 aromatic carbocycles. The molecule has 0 fully saturated rings. The molecule has 0 saturated carbocycles. The van der Waals surface area contributed by atoms with Gasteiger partial charge in [0.1, 0.15) is 22.9 Å². The fraction of sp³-hybridized carbons (Fsp3) is 0.278. The lowest BCUT2D eigenvalue weighted by Gasteiger charge is -2.21. The van der Waals surface area contributed by atoms with Crippen LogP contribution in [-0.4, -0.2) is 21.4 Å². The molecule has 0 aliphatic heterocycles. The zero-order chi connectivity index (χ0) is 17.2. The number of aliphatic hydroxyl groups is 1. The molecule has 0 radical (unpaired) electrons. The number of nitrogens with zero attached hydrogens (tertiary/aromatic N) is 2. The van der Waals surface area contributed by atoms with E-state index in [1.807, 2.05) is 19.2 Å². The molecule has 126 valence electrons. The van der Waals surface area contributed by atoms with Gasteiger partial charge in [0, 0.05) is 24.8 Å². The van der Waals surface area contributed by atoms with E-state index in [2.05, 4.69) is 10.4 Å². The van der Waals surface area contributed by atoms with E-state index in [-0.39, 0.29) is 5.82 Å². The molecule has 0 spiro atoms. The van der Waals surface area contributed by atoms with Crippen LogP contribution >= 0.6 is 0 Å². The van der Waals surface area contributed by atoms with Gasteiger partial charge >= 0.3 is 0 Å². The summed E-state index contributed by atoms with van der Waals surface area (Å²) < 4.78 is 20.1. The van der Waals surface area contributed by atoms with Crippen LogP contribution in [0.4, 0.5) is 4.39 Å². The summed E-state index contributed by atoms with van der Waals surface area (Å²) in [5.41, 5.74) is 0.674. The van der Waals surface area contributed by atoms with E-state index >= 15 is 0 Å². The molecular formula is C18H20FN3O2. The van der Waals surface area contributed by atoms with Gasteiger partial charge in [0.15, 0.2) is 0 Å². The Hall–Kier alpha value is -2.44. The van der Waals surface area contributed by atoms with Crippen LogP contribution in [0.3, 0.4) is 0 Å². The summed E-state index contributed by atoms with van der Waals surface area (Å²) in [6, 6.07) is 9.75. The van der Waals surface area contributed by atoms with Crippen molar-refractivity contribution in [3.8, 4) is 5.69 Å². The molecule has 2 heterocycles. The number of aromatic nitrogens is 2. The predicted octanol–water partition coefficient (Wildman–Crippen LogP) is 2.91. The number of halogens is 1. The largest absolute Gasteiger partial charge is 0.463 e. The second-order valence-corrected chi connectivity index (χ2v) is 6.06. The van der Waals surface area contributed by atoms with Crippen molar-refractivity contribution in [1.29, 1.82) is 0 Å². The van der Waals surface area contributed by atoms with Crippen LogP contribution in [0.2, 0.25) is 0 Å². The summed E-state index contributed by atoms with van der Waals surface area (Å²) in [7, 11) is 0. The lowest BCUT2D eigenvalue weighted by molar-refractivity contribution is 0.0333. The van der Waals surface area contributed by atoms with Gasteiger partial charge in [0.2, 0.25) is 0 Å². The summed E-state index contributed by atoms with van der Waals surface area (Å²) >= 11 is 0. The third-order valence-corrected chi connectivity index (χ3v) is 3.80. The van der Waals surface area contributed by atoms with E-state index in [0.717, 1.165) is 17.0 Å². The monoisotopic (exact) mass is 329 g/mol. The fourth-order valence-corrected chi connectivity index (χ4v) is 2.45. The van der Waals surface area contributed by atoms with Gasteiger partial charge in [-0.15, -0.1) is 0 Å². The summed E-state index contributed by atoms with van der Waals surface area (Å²) in [5, 5.41) is 17.9. The van der Waals surface area contributed by atoms with Crippen LogP contribution in [0.5, 0.6) is 0 Å². The third-order valence-electron chi connectivity index (χ3n) is 3.80. The van der Waals surface area contributed by atoms with Crippen LogP contribution in [0.15, 0.2) is 53.2 Å². The average Bonchev–Trinajstić information content (AvgIpc) is 3.17. The Labute approximate surface area is 139 Å². The maximum Gasteiger partial charge on any atom is 0.136 e. The van der Waals surface area contributed by atoms with Gasteiger partial charge < -0.3 is 14.8 Å². The van der Waals surface area contributed by atoms with E-state index in [1.165, 1.54) is 12.1 Å². The Morgan fingerprint density at radius 2 is 2.00 bits per heavy atom. The quantitative estimate of drug-likeness (QED) is 0.730. The number of furan rings is 1. The van der Waals surface area contributed by atoms with Crippen molar-refractivity contribution in [2.24, 2.45) is 0 Å². The van der Waals surface area contributed by atoms with E-state index in [4.69, 9.17) is 4.42 Å². The minimum Gasteiger partial charge on any atom is -0.463 e. The lowest BCUT2D eigenvalue weighted by atomic mass is 10.0. The van der Waals surface area contributed by atoms with Crippen LogP contribution in [0, 0.1) is 12.7 Å². The van der Waals surface area contributed by atoms with Gasteiger partial charge in [-0.2, -0.15) is 5.10 Å². The molecule has 2 aromatic heterocycles. The Balaban J connectivity index is 1.58. The summed E-state index contributed by atoms with van der Waals surface area (Å²) in [6.07, 6.45) is 3.61. The minimum absolute atomic E-state index is 0.275. The van der Waals surface area contributed by atoms with E-state index in [1.54, 1.807) is 36.0 Å². The molecule has 3 aromatic rings. The minimum atomic E-state index is -1.08. The first-order chi connectivity index (χ1) is 11.4. The Kier molecular flexibility index (Phi) is 4.51. The van der Waals surface area contributed by atoms with Gasteiger partial charge in [-0.3, -0.25) is 0 Å². The molecule has 5 nitrogen and oxygen atoms in total. The van der Waals surface area contributed by atoms with Crippen molar-refractivity contribution in [2.75, 3.05) is 6.54 Å². The molecule has 1 atom stereocenters. The molecule has 24 heavy (non-hydrogen) atoms.